The van der Waals surface area contributed by atoms with Crippen LogP contribution in [0.4, 0.5) is 0 Å². The Balaban J connectivity index is 2.10. The maximum atomic E-state index is 13.8. The monoisotopic (exact) mass is 502 g/mol. The smallest absolute Gasteiger partial charge is 0.261 e. The molecule has 0 aliphatic carbocycles. The van der Waals surface area contributed by atoms with Crippen LogP contribution in [0.5, 0.6) is 0 Å². The number of aryl methyl sites for hydroxylation is 2. The Hall–Kier alpha value is -3.97. The second-order valence-corrected chi connectivity index (χ2v) is 9.57. The van der Waals surface area contributed by atoms with Crippen molar-refractivity contribution in [3.63, 3.8) is 0 Å². The number of aromatic nitrogens is 2. The van der Waals surface area contributed by atoms with Crippen LogP contribution in [0.25, 0.3) is 10.9 Å². The molecule has 0 fully saturated rings. The van der Waals surface area contributed by atoms with E-state index in [2.05, 4.69) is 0 Å². The van der Waals surface area contributed by atoms with Gasteiger partial charge in [0.1, 0.15) is 11.7 Å². The van der Waals surface area contributed by atoms with Crippen molar-refractivity contribution in [2.75, 3.05) is 14.1 Å². The van der Waals surface area contributed by atoms with Gasteiger partial charge in [-0.2, -0.15) is 0 Å². The molecule has 1 unspecified atom stereocenters. The highest BCUT2D eigenvalue weighted by atomic mass is 35.5. The van der Waals surface area contributed by atoms with Crippen LogP contribution in [-0.2, 0) is 11.3 Å². The molecule has 1 aromatic heterocycles. The van der Waals surface area contributed by atoms with E-state index in [4.69, 9.17) is 22.3 Å². The van der Waals surface area contributed by atoms with Crippen LogP contribution in [0.1, 0.15) is 44.4 Å². The molecular formula is C28H27ClN4O3. The lowest BCUT2D eigenvalue weighted by atomic mass is 9.90. The molecule has 3 aromatic carbocycles. The van der Waals surface area contributed by atoms with Crippen LogP contribution in [0, 0.1) is 13.8 Å². The number of carbonyl (C=O) groups is 2. The first kappa shape index (κ1) is 25.1. The predicted molar refractivity (Wildman–Crippen MR) is 142 cm³/mol. The summed E-state index contributed by atoms with van der Waals surface area (Å²) in [5.74, 6) is -1.85. The molecule has 0 aliphatic rings. The Kier molecular flexibility index (Phi) is 6.95. The fraction of sp³-hybridized carbons (Fsp3) is 0.214. The summed E-state index contributed by atoms with van der Waals surface area (Å²) < 4.78 is 1.50. The third-order valence-corrected chi connectivity index (χ3v) is 6.33. The first-order chi connectivity index (χ1) is 17.1. The summed E-state index contributed by atoms with van der Waals surface area (Å²) in [7, 11) is 3.24. The summed E-state index contributed by atoms with van der Waals surface area (Å²) in [6.45, 7) is 4.02. The molecule has 0 saturated heterocycles. The number of benzene rings is 3. The molecule has 1 atom stereocenters. The molecular weight excluding hydrogens is 476 g/mol. The van der Waals surface area contributed by atoms with E-state index in [9.17, 15) is 14.4 Å². The Labute approximate surface area is 214 Å². The van der Waals surface area contributed by atoms with Gasteiger partial charge >= 0.3 is 0 Å². The largest absolute Gasteiger partial charge is 0.366 e. The summed E-state index contributed by atoms with van der Waals surface area (Å²) in [5.41, 5.74) is 9.11. The van der Waals surface area contributed by atoms with E-state index < -0.39 is 11.8 Å². The number of carbonyl (C=O) groups excluding carboxylic acids is 2. The van der Waals surface area contributed by atoms with E-state index in [-0.39, 0.29) is 29.4 Å². The van der Waals surface area contributed by atoms with Crippen LogP contribution in [-0.4, -0.2) is 40.4 Å². The molecule has 2 N–H and O–H groups in total. The van der Waals surface area contributed by atoms with Gasteiger partial charge in [-0.3, -0.25) is 19.0 Å². The number of halogens is 1. The van der Waals surface area contributed by atoms with Gasteiger partial charge in [0, 0.05) is 24.7 Å². The summed E-state index contributed by atoms with van der Waals surface area (Å²) >= 11 is 6.22. The minimum atomic E-state index is -1.05. The van der Waals surface area contributed by atoms with Gasteiger partial charge in [-0.25, -0.2) is 4.98 Å². The van der Waals surface area contributed by atoms with Crippen molar-refractivity contribution in [1.82, 2.24) is 14.5 Å². The fourth-order valence-corrected chi connectivity index (χ4v) is 4.53. The lowest BCUT2D eigenvalue weighted by molar-refractivity contribution is -0.129. The second kappa shape index (κ2) is 9.95. The first-order valence-corrected chi connectivity index (χ1v) is 11.8. The average molecular weight is 503 g/mol. The van der Waals surface area contributed by atoms with Crippen molar-refractivity contribution in [2.45, 2.75) is 26.3 Å². The number of primary amides is 1. The van der Waals surface area contributed by atoms with Crippen LogP contribution in [0.3, 0.4) is 0 Å². The highest BCUT2D eigenvalue weighted by molar-refractivity contribution is 6.31. The Morgan fingerprint density at radius 3 is 2.42 bits per heavy atom. The lowest BCUT2D eigenvalue weighted by Gasteiger charge is -2.25. The quantitative estimate of drug-likeness (QED) is 0.430. The zero-order valence-corrected chi connectivity index (χ0v) is 21.3. The molecule has 7 nitrogen and oxygen atoms in total. The average Bonchev–Trinajstić information content (AvgIpc) is 2.81. The van der Waals surface area contributed by atoms with E-state index in [1.807, 2.05) is 38.1 Å². The normalized spacial score (nSPS) is 11.9. The molecule has 0 spiro atoms. The molecule has 4 rings (SSSR count). The summed E-state index contributed by atoms with van der Waals surface area (Å²) in [6.07, 6.45) is 0. The van der Waals surface area contributed by atoms with Crippen molar-refractivity contribution in [3.8, 4) is 0 Å². The minimum Gasteiger partial charge on any atom is -0.366 e. The highest BCUT2D eigenvalue weighted by Gasteiger charge is 2.33. The summed E-state index contributed by atoms with van der Waals surface area (Å²) in [5, 5.41) is 0.798. The lowest BCUT2D eigenvalue weighted by Crippen LogP contribution is -2.36. The number of nitrogens with zero attached hydrogens (tertiary/aromatic N) is 3. The van der Waals surface area contributed by atoms with Crippen LogP contribution < -0.4 is 11.3 Å². The predicted octanol–water partition coefficient (Wildman–Crippen LogP) is 4.03. The second-order valence-electron chi connectivity index (χ2n) is 9.13. The van der Waals surface area contributed by atoms with Crippen molar-refractivity contribution in [1.29, 1.82) is 0 Å². The van der Waals surface area contributed by atoms with Crippen molar-refractivity contribution in [2.24, 2.45) is 5.73 Å². The molecule has 0 aliphatic heterocycles. The Morgan fingerprint density at radius 1 is 1.03 bits per heavy atom. The number of amides is 2. The Bertz CT molecular complexity index is 1560. The fourth-order valence-electron chi connectivity index (χ4n) is 4.36. The van der Waals surface area contributed by atoms with Crippen LogP contribution >= 0.6 is 11.6 Å². The molecule has 0 saturated carbocycles. The Morgan fingerprint density at radius 2 is 1.75 bits per heavy atom. The SMILES string of the molecule is Cc1cccc(Cn2c(C(C(=O)N(C)C)c3cc(C)ccc3C(N)=O)nc3cc(Cl)ccc3c2=O)c1. The standard InChI is InChI=1S/C28H27ClN4O3/c1-16-6-5-7-18(12-16)15-33-26(31-23-14-19(29)9-11-21(23)27(33)35)24(28(36)32(3)4)22-13-17(2)8-10-20(22)25(30)34/h5-14,24H,15H2,1-4H3,(H2,30,34). The van der Waals surface area contributed by atoms with Crippen molar-refractivity contribution >= 4 is 34.3 Å². The number of hydrogen-bond donors (Lipinski definition) is 1. The third-order valence-electron chi connectivity index (χ3n) is 6.10. The van der Waals surface area contributed by atoms with Gasteiger partial charge in [0.25, 0.3) is 5.56 Å². The number of fused-ring (bicyclic) bond motifs is 1. The van der Waals surface area contributed by atoms with E-state index in [0.717, 1.165) is 16.7 Å². The molecule has 2 amide bonds. The van der Waals surface area contributed by atoms with E-state index in [0.29, 0.717) is 21.5 Å². The maximum absolute atomic E-state index is 13.8. The maximum Gasteiger partial charge on any atom is 0.261 e. The van der Waals surface area contributed by atoms with Gasteiger partial charge < -0.3 is 10.6 Å². The van der Waals surface area contributed by atoms with Crippen molar-refractivity contribution in [3.05, 3.63) is 110 Å². The molecule has 184 valence electrons. The minimum absolute atomic E-state index is 0.191. The van der Waals surface area contributed by atoms with Gasteiger partial charge in [0.2, 0.25) is 11.8 Å². The summed E-state index contributed by atoms with van der Waals surface area (Å²) in [4.78, 5) is 46.1. The van der Waals surface area contributed by atoms with E-state index >= 15 is 0 Å². The van der Waals surface area contributed by atoms with Gasteiger partial charge in [0.05, 0.1) is 17.4 Å². The topological polar surface area (TPSA) is 98.3 Å². The molecule has 0 radical (unpaired) electrons. The first-order valence-electron chi connectivity index (χ1n) is 11.4. The number of likely N-dealkylation sites (N-methyl/N-ethyl adjacent to an activating group) is 1. The van der Waals surface area contributed by atoms with Crippen molar-refractivity contribution < 1.29 is 9.59 Å². The molecule has 36 heavy (non-hydrogen) atoms. The van der Waals surface area contributed by atoms with Gasteiger partial charge in [-0.05, 0) is 49.2 Å². The molecule has 0 bridgehead atoms. The summed E-state index contributed by atoms with van der Waals surface area (Å²) in [6, 6.07) is 17.8. The number of nitrogens with two attached hydrogens (primary N) is 1. The zero-order valence-electron chi connectivity index (χ0n) is 20.6. The molecule has 4 aromatic rings. The van der Waals surface area contributed by atoms with E-state index in [1.165, 1.54) is 9.47 Å². The zero-order chi connectivity index (χ0) is 26.1. The van der Waals surface area contributed by atoms with Gasteiger partial charge in [-0.15, -0.1) is 0 Å². The van der Waals surface area contributed by atoms with Gasteiger partial charge in [-0.1, -0.05) is 59.1 Å². The molecule has 1 heterocycles. The number of rotatable bonds is 6. The number of hydrogen-bond acceptors (Lipinski definition) is 4. The van der Waals surface area contributed by atoms with E-state index in [1.54, 1.807) is 50.5 Å². The highest BCUT2D eigenvalue weighted by Crippen LogP contribution is 2.30. The third kappa shape index (κ3) is 4.88. The van der Waals surface area contributed by atoms with Gasteiger partial charge in [0.15, 0.2) is 0 Å². The molecule has 8 heteroatoms. The van der Waals surface area contributed by atoms with Crippen LogP contribution in [0.2, 0.25) is 5.02 Å². The van der Waals surface area contributed by atoms with Crippen LogP contribution in [0.15, 0.2) is 65.5 Å².